The Bertz CT molecular complexity index is 355. The van der Waals surface area contributed by atoms with Crippen molar-refractivity contribution in [1.29, 1.82) is 0 Å². The maximum absolute atomic E-state index is 12.3. The van der Waals surface area contributed by atoms with Crippen LogP contribution < -0.4 is 5.73 Å². The van der Waals surface area contributed by atoms with E-state index in [2.05, 4.69) is 0 Å². The molecule has 7 heteroatoms. The number of nitrogens with two attached hydrogens (primary N) is 1. The molecule has 6 nitrogen and oxygen atoms in total. The number of nitrogens with zero attached hydrogens (tertiary/aromatic N) is 2. The molecule has 1 unspecified atom stereocenters. The summed E-state index contributed by atoms with van der Waals surface area (Å²) < 4.78 is 27.1. The molecule has 0 aromatic rings. The van der Waals surface area contributed by atoms with Gasteiger partial charge in [-0.05, 0) is 27.2 Å². The maximum atomic E-state index is 12.3. The van der Waals surface area contributed by atoms with E-state index < -0.39 is 27.9 Å². The molecule has 0 fully saturated rings. The van der Waals surface area contributed by atoms with Gasteiger partial charge in [0.25, 0.3) is 10.2 Å². The van der Waals surface area contributed by atoms with Gasteiger partial charge in [0, 0.05) is 32.2 Å². The van der Waals surface area contributed by atoms with Crippen LogP contribution in [0.25, 0.3) is 0 Å². The Morgan fingerprint density at radius 1 is 1.33 bits per heavy atom. The number of likely N-dealkylation sites (N-methyl/N-ethyl adjacent to an activating group) is 1. The van der Waals surface area contributed by atoms with Crippen molar-refractivity contribution in [2.24, 2.45) is 5.73 Å². The quantitative estimate of drug-likeness (QED) is 0.687. The number of hydrogen-bond donors (Lipinski definition) is 2. The molecule has 0 rings (SSSR count). The van der Waals surface area contributed by atoms with E-state index in [1.807, 2.05) is 20.8 Å². The van der Waals surface area contributed by atoms with Crippen molar-refractivity contribution < 1.29 is 13.5 Å². The molecule has 0 heterocycles. The van der Waals surface area contributed by atoms with Crippen LogP contribution >= 0.6 is 0 Å². The van der Waals surface area contributed by atoms with Crippen LogP contribution in [0.3, 0.4) is 0 Å². The molecule has 0 amide bonds. The number of rotatable bonds is 7. The Kier molecular flexibility index (Phi) is 6.22. The minimum Gasteiger partial charge on any atom is -0.390 e. The van der Waals surface area contributed by atoms with E-state index in [1.165, 1.54) is 11.4 Å². The monoisotopic (exact) mass is 281 g/mol. The number of aliphatic hydroxyl groups excluding tert-OH is 1. The fraction of sp³-hybridized carbons (Fsp3) is 1.00. The first-order valence-electron chi connectivity index (χ1n) is 6.10. The zero-order chi connectivity index (χ0) is 14.7. The molecule has 0 radical (unpaired) electrons. The van der Waals surface area contributed by atoms with Gasteiger partial charge in [0.05, 0.1) is 6.10 Å². The molecule has 0 bridgehead atoms. The standard InChI is InChI=1S/C11H27N3O3S/c1-7-11(3,4)14(6)18(16,17)13(5)8-10(15)9(2)12/h9-10,15H,7-8,12H2,1-6H3/t9-,10?/m0/s1. The second kappa shape index (κ2) is 6.29. The van der Waals surface area contributed by atoms with Crippen LogP contribution in [0.2, 0.25) is 0 Å². The zero-order valence-electron chi connectivity index (χ0n) is 12.2. The molecule has 0 aliphatic carbocycles. The maximum Gasteiger partial charge on any atom is 0.282 e. The van der Waals surface area contributed by atoms with E-state index in [0.717, 1.165) is 4.31 Å². The summed E-state index contributed by atoms with van der Waals surface area (Å²) in [7, 11) is -0.589. The summed E-state index contributed by atoms with van der Waals surface area (Å²) in [5.41, 5.74) is 5.06. The highest BCUT2D eigenvalue weighted by Crippen LogP contribution is 2.21. The van der Waals surface area contributed by atoms with E-state index >= 15 is 0 Å². The predicted molar refractivity (Wildman–Crippen MR) is 73.3 cm³/mol. The van der Waals surface area contributed by atoms with Crippen LogP contribution in [-0.2, 0) is 10.2 Å². The number of hydrogen-bond acceptors (Lipinski definition) is 4. The van der Waals surface area contributed by atoms with Gasteiger partial charge < -0.3 is 10.8 Å². The molecular formula is C11H27N3O3S. The van der Waals surface area contributed by atoms with Crippen LogP contribution in [0, 0.1) is 0 Å². The van der Waals surface area contributed by atoms with E-state index in [1.54, 1.807) is 14.0 Å². The highest BCUT2D eigenvalue weighted by Gasteiger charge is 2.35. The van der Waals surface area contributed by atoms with Gasteiger partial charge in [0.15, 0.2) is 0 Å². The molecular weight excluding hydrogens is 254 g/mol. The molecule has 0 aliphatic heterocycles. The Morgan fingerprint density at radius 2 is 1.78 bits per heavy atom. The molecule has 0 aliphatic rings. The first-order valence-corrected chi connectivity index (χ1v) is 7.50. The Labute approximate surface area is 111 Å². The fourth-order valence-electron chi connectivity index (χ4n) is 1.27. The Morgan fingerprint density at radius 3 is 2.11 bits per heavy atom. The molecule has 18 heavy (non-hydrogen) atoms. The summed E-state index contributed by atoms with van der Waals surface area (Å²) in [6.45, 7) is 7.29. The van der Waals surface area contributed by atoms with Crippen molar-refractivity contribution in [2.75, 3.05) is 20.6 Å². The minimum atomic E-state index is -3.59. The highest BCUT2D eigenvalue weighted by atomic mass is 32.2. The summed E-state index contributed by atoms with van der Waals surface area (Å²) in [6.07, 6.45) is -0.171. The van der Waals surface area contributed by atoms with Crippen LogP contribution in [-0.4, -0.2) is 60.5 Å². The van der Waals surface area contributed by atoms with Crippen molar-refractivity contribution in [1.82, 2.24) is 8.61 Å². The topological polar surface area (TPSA) is 86.9 Å². The summed E-state index contributed by atoms with van der Waals surface area (Å²) in [4.78, 5) is 0. The summed E-state index contributed by atoms with van der Waals surface area (Å²) in [6, 6.07) is -0.466. The fourth-order valence-corrected chi connectivity index (χ4v) is 2.78. The highest BCUT2D eigenvalue weighted by molar-refractivity contribution is 7.86. The molecule has 0 spiro atoms. The normalized spacial score (nSPS) is 17.2. The summed E-state index contributed by atoms with van der Waals surface area (Å²) in [5, 5.41) is 9.65. The lowest BCUT2D eigenvalue weighted by Gasteiger charge is -2.36. The van der Waals surface area contributed by atoms with Crippen molar-refractivity contribution in [3.63, 3.8) is 0 Å². The third-order valence-corrected chi connectivity index (χ3v) is 5.63. The smallest absolute Gasteiger partial charge is 0.282 e. The molecule has 2 atom stereocenters. The lowest BCUT2D eigenvalue weighted by Crippen LogP contribution is -2.52. The van der Waals surface area contributed by atoms with Crippen LogP contribution in [0.5, 0.6) is 0 Å². The largest absolute Gasteiger partial charge is 0.390 e. The third-order valence-electron chi connectivity index (χ3n) is 3.51. The zero-order valence-corrected chi connectivity index (χ0v) is 13.0. The average molecular weight is 281 g/mol. The van der Waals surface area contributed by atoms with Gasteiger partial charge in [0.1, 0.15) is 0 Å². The van der Waals surface area contributed by atoms with Crippen LogP contribution in [0.1, 0.15) is 34.1 Å². The Hall–Kier alpha value is -0.210. The molecule has 0 saturated carbocycles. The van der Waals surface area contributed by atoms with E-state index in [4.69, 9.17) is 5.73 Å². The SMILES string of the molecule is CCC(C)(C)N(C)S(=O)(=O)N(C)CC(O)[C@H](C)N. The second-order valence-electron chi connectivity index (χ2n) is 5.35. The van der Waals surface area contributed by atoms with Crippen molar-refractivity contribution >= 4 is 10.2 Å². The second-order valence-corrected chi connectivity index (χ2v) is 7.41. The first-order chi connectivity index (χ1) is 7.96. The van der Waals surface area contributed by atoms with E-state index in [-0.39, 0.29) is 6.54 Å². The van der Waals surface area contributed by atoms with Gasteiger partial charge >= 0.3 is 0 Å². The van der Waals surface area contributed by atoms with Crippen molar-refractivity contribution in [3.8, 4) is 0 Å². The van der Waals surface area contributed by atoms with Gasteiger partial charge in [-0.3, -0.25) is 0 Å². The van der Waals surface area contributed by atoms with Gasteiger partial charge in [-0.2, -0.15) is 17.0 Å². The summed E-state index contributed by atoms with van der Waals surface area (Å²) in [5.74, 6) is 0. The van der Waals surface area contributed by atoms with Crippen LogP contribution in [0.4, 0.5) is 0 Å². The van der Waals surface area contributed by atoms with Crippen LogP contribution in [0.15, 0.2) is 0 Å². The third kappa shape index (κ3) is 4.17. The van der Waals surface area contributed by atoms with Crippen molar-refractivity contribution in [3.05, 3.63) is 0 Å². The Balaban J connectivity index is 4.94. The molecule has 110 valence electrons. The number of aliphatic hydroxyl groups is 1. The van der Waals surface area contributed by atoms with Gasteiger partial charge in [-0.25, -0.2) is 0 Å². The van der Waals surface area contributed by atoms with E-state index in [9.17, 15) is 13.5 Å². The minimum absolute atomic E-state index is 0.00979. The van der Waals surface area contributed by atoms with E-state index in [0.29, 0.717) is 6.42 Å². The van der Waals surface area contributed by atoms with Crippen molar-refractivity contribution in [2.45, 2.75) is 51.8 Å². The first kappa shape index (κ1) is 17.8. The molecule has 0 aromatic carbocycles. The van der Waals surface area contributed by atoms with Gasteiger partial charge in [0.2, 0.25) is 0 Å². The average Bonchev–Trinajstić information content (AvgIpc) is 2.27. The summed E-state index contributed by atoms with van der Waals surface area (Å²) >= 11 is 0. The van der Waals surface area contributed by atoms with Gasteiger partial charge in [-0.1, -0.05) is 6.92 Å². The molecule has 3 N–H and O–H groups in total. The molecule has 0 saturated heterocycles. The predicted octanol–water partition coefficient (Wildman–Crippen LogP) is -0.00850. The lowest BCUT2D eigenvalue weighted by molar-refractivity contribution is 0.126. The van der Waals surface area contributed by atoms with Gasteiger partial charge in [-0.15, -0.1) is 0 Å². The molecule has 0 aromatic heterocycles. The lowest BCUT2D eigenvalue weighted by atomic mass is 10.0.